The van der Waals surface area contributed by atoms with E-state index in [0.717, 1.165) is 16.5 Å². The van der Waals surface area contributed by atoms with E-state index < -0.39 is 0 Å². The highest BCUT2D eigenvalue weighted by Gasteiger charge is 2.36. The van der Waals surface area contributed by atoms with E-state index in [4.69, 9.17) is 9.47 Å². The maximum absolute atomic E-state index is 13.9. The quantitative estimate of drug-likeness (QED) is 0.260. The van der Waals surface area contributed by atoms with Gasteiger partial charge in [0.1, 0.15) is 34.2 Å². The Morgan fingerprint density at radius 3 is 2.53 bits per heavy atom. The number of fused-ring (bicyclic) bond motifs is 2. The molecule has 0 saturated carbocycles. The second kappa shape index (κ2) is 9.63. The zero-order valence-corrected chi connectivity index (χ0v) is 22.1. The molecule has 0 N–H and O–H groups in total. The number of rotatable bonds is 7. The number of methoxy groups -OCH3 is 1. The lowest BCUT2D eigenvalue weighted by atomic mass is 9.85. The van der Waals surface area contributed by atoms with Crippen molar-refractivity contribution < 1.29 is 23.5 Å². The summed E-state index contributed by atoms with van der Waals surface area (Å²) in [5, 5.41) is 0.836. The van der Waals surface area contributed by atoms with Crippen LogP contribution in [0.4, 0.5) is 4.39 Å². The average molecular weight is 513 g/mol. The number of hydrogen-bond donors (Lipinski definition) is 0. The second-order valence-corrected chi connectivity index (χ2v) is 10.4. The average Bonchev–Trinajstić information content (AvgIpc) is 3.22. The number of nitrogens with zero attached hydrogens (tertiary/aromatic N) is 2. The number of aromatic nitrogens is 2. The van der Waals surface area contributed by atoms with Gasteiger partial charge in [-0.25, -0.2) is 9.37 Å². The van der Waals surface area contributed by atoms with Crippen molar-refractivity contribution in [3.63, 3.8) is 0 Å². The van der Waals surface area contributed by atoms with Crippen molar-refractivity contribution >= 4 is 22.5 Å². The van der Waals surface area contributed by atoms with E-state index in [2.05, 4.69) is 9.97 Å². The number of benzene rings is 2. The molecule has 3 heterocycles. The van der Waals surface area contributed by atoms with Gasteiger partial charge in [-0.2, -0.15) is 0 Å². The van der Waals surface area contributed by atoms with Crippen molar-refractivity contribution in [2.45, 2.75) is 46.0 Å². The third-order valence-electron chi connectivity index (χ3n) is 7.15. The molecule has 5 rings (SSSR count). The maximum atomic E-state index is 13.9. The lowest BCUT2D eigenvalue weighted by Crippen LogP contribution is -2.19. The Bertz CT molecular complexity index is 1610. The van der Waals surface area contributed by atoms with Crippen molar-refractivity contribution in [2.75, 3.05) is 13.7 Å². The third-order valence-corrected chi connectivity index (χ3v) is 7.15. The first-order valence-corrected chi connectivity index (χ1v) is 12.5. The molecule has 0 fully saturated rings. The summed E-state index contributed by atoms with van der Waals surface area (Å²) < 4.78 is 25.4. The van der Waals surface area contributed by atoms with Gasteiger partial charge in [-0.1, -0.05) is 13.8 Å². The Morgan fingerprint density at radius 2 is 1.79 bits per heavy atom. The van der Waals surface area contributed by atoms with Gasteiger partial charge in [-0.15, -0.1) is 0 Å². The first kappa shape index (κ1) is 25.5. The molecule has 4 aromatic rings. The van der Waals surface area contributed by atoms with Crippen molar-refractivity contribution in [2.24, 2.45) is 0 Å². The van der Waals surface area contributed by atoms with Gasteiger partial charge in [0.05, 0.1) is 13.7 Å². The van der Waals surface area contributed by atoms with E-state index >= 15 is 0 Å². The van der Waals surface area contributed by atoms with Gasteiger partial charge in [-0.3, -0.25) is 14.6 Å². The van der Waals surface area contributed by atoms with E-state index in [0.29, 0.717) is 46.0 Å². The summed E-state index contributed by atoms with van der Waals surface area (Å²) in [5.41, 5.74) is 4.63. The molecule has 7 heteroatoms. The van der Waals surface area contributed by atoms with E-state index in [1.807, 2.05) is 26.8 Å². The SMILES string of the molecule is COc1cc(C(=O)CCC(=O)c2cc3c(c(-c4ccc(F)c(C)c4)n2)OCC3(C)C)cc2c(C)ccnc12. The highest BCUT2D eigenvalue weighted by molar-refractivity contribution is 6.04. The van der Waals surface area contributed by atoms with Gasteiger partial charge in [0.2, 0.25) is 0 Å². The van der Waals surface area contributed by atoms with Crippen LogP contribution in [0.1, 0.15) is 64.2 Å². The Hall–Kier alpha value is -4.13. The van der Waals surface area contributed by atoms with Crippen LogP contribution in [0.25, 0.3) is 22.2 Å². The third kappa shape index (κ3) is 4.53. The van der Waals surface area contributed by atoms with Crippen LogP contribution in [0.5, 0.6) is 11.5 Å². The molecule has 194 valence electrons. The van der Waals surface area contributed by atoms with Crippen molar-refractivity contribution in [3.8, 4) is 22.8 Å². The monoisotopic (exact) mass is 512 g/mol. The van der Waals surface area contributed by atoms with Crippen LogP contribution < -0.4 is 9.47 Å². The number of halogens is 1. The number of Topliss-reactive ketones (excluding diaryl/α,β-unsaturated/α-hetero) is 2. The fourth-order valence-electron chi connectivity index (χ4n) is 4.81. The highest BCUT2D eigenvalue weighted by atomic mass is 19.1. The number of carbonyl (C=O) groups excluding carboxylic acids is 2. The Kier molecular flexibility index (Phi) is 6.47. The molecule has 2 aromatic heterocycles. The largest absolute Gasteiger partial charge is 0.494 e. The summed E-state index contributed by atoms with van der Waals surface area (Å²) in [6.45, 7) is 8.17. The van der Waals surface area contributed by atoms with Crippen LogP contribution >= 0.6 is 0 Å². The minimum absolute atomic E-state index is 0.000164. The maximum Gasteiger partial charge on any atom is 0.181 e. The zero-order chi connectivity index (χ0) is 27.2. The van der Waals surface area contributed by atoms with Gasteiger partial charge >= 0.3 is 0 Å². The van der Waals surface area contributed by atoms with Gasteiger partial charge in [0.25, 0.3) is 0 Å². The Balaban J connectivity index is 1.45. The molecule has 0 bridgehead atoms. The van der Waals surface area contributed by atoms with E-state index in [-0.39, 0.29) is 41.3 Å². The minimum Gasteiger partial charge on any atom is -0.494 e. The fraction of sp³-hybridized carbons (Fsp3) is 0.290. The Morgan fingerprint density at radius 1 is 1.03 bits per heavy atom. The summed E-state index contributed by atoms with van der Waals surface area (Å²) in [6.07, 6.45) is 1.73. The van der Waals surface area contributed by atoms with Crippen molar-refractivity contribution in [1.82, 2.24) is 9.97 Å². The van der Waals surface area contributed by atoms with Crippen LogP contribution in [0.2, 0.25) is 0 Å². The standard InChI is InChI=1S/C31H29FN2O4/c1-17-10-11-33-29-21(17)13-20(14-27(29)37-5)25(35)8-9-26(36)24-15-22-30(38-16-31(22,3)4)28(34-24)19-6-7-23(32)18(2)12-19/h6-7,10-15H,8-9,16H2,1-5H3. The van der Waals surface area contributed by atoms with E-state index in [1.54, 1.807) is 50.6 Å². The first-order chi connectivity index (χ1) is 18.1. The molecule has 0 unspecified atom stereocenters. The van der Waals surface area contributed by atoms with Gasteiger partial charge in [0, 0.05) is 46.5 Å². The Labute approximate surface area is 220 Å². The van der Waals surface area contributed by atoms with Crippen LogP contribution in [0, 0.1) is 19.7 Å². The summed E-state index contributed by atoms with van der Waals surface area (Å²) in [6, 6.07) is 11.9. The number of carbonyl (C=O) groups is 2. The van der Waals surface area contributed by atoms with Crippen LogP contribution in [-0.4, -0.2) is 35.3 Å². The molecule has 0 amide bonds. The molecule has 1 aliphatic heterocycles. The van der Waals surface area contributed by atoms with Gasteiger partial charge in [0.15, 0.2) is 11.6 Å². The summed E-state index contributed by atoms with van der Waals surface area (Å²) in [5.74, 6) is 0.410. The smallest absolute Gasteiger partial charge is 0.181 e. The lowest BCUT2D eigenvalue weighted by Gasteiger charge is -2.16. The van der Waals surface area contributed by atoms with E-state index in [1.165, 1.54) is 6.07 Å². The highest BCUT2D eigenvalue weighted by Crippen LogP contribution is 2.44. The predicted octanol–water partition coefficient (Wildman–Crippen LogP) is 6.58. The molecule has 38 heavy (non-hydrogen) atoms. The number of hydrogen-bond acceptors (Lipinski definition) is 6. The summed E-state index contributed by atoms with van der Waals surface area (Å²) >= 11 is 0. The van der Waals surface area contributed by atoms with Crippen molar-refractivity contribution in [3.05, 3.63) is 82.4 Å². The number of pyridine rings is 2. The molecule has 0 atom stereocenters. The molecule has 0 spiro atoms. The summed E-state index contributed by atoms with van der Waals surface area (Å²) in [4.78, 5) is 35.5. The molecule has 1 aliphatic rings. The predicted molar refractivity (Wildman–Crippen MR) is 144 cm³/mol. The fourth-order valence-corrected chi connectivity index (χ4v) is 4.81. The molecular formula is C31H29FN2O4. The van der Waals surface area contributed by atoms with Crippen LogP contribution in [0.3, 0.4) is 0 Å². The first-order valence-electron chi connectivity index (χ1n) is 12.5. The van der Waals surface area contributed by atoms with Gasteiger partial charge in [-0.05, 0) is 67.4 Å². The molecule has 6 nitrogen and oxygen atoms in total. The molecule has 0 saturated heterocycles. The topological polar surface area (TPSA) is 78.4 Å². The van der Waals surface area contributed by atoms with Crippen LogP contribution in [0.15, 0.2) is 48.7 Å². The molecule has 2 aromatic carbocycles. The molecule has 0 aliphatic carbocycles. The molecule has 0 radical (unpaired) electrons. The number of aryl methyl sites for hydroxylation is 2. The van der Waals surface area contributed by atoms with E-state index in [9.17, 15) is 14.0 Å². The zero-order valence-electron chi connectivity index (χ0n) is 22.1. The number of ether oxygens (including phenoxy) is 2. The molecular weight excluding hydrogens is 483 g/mol. The van der Waals surface area contributed by atoms with Crippen LogP contribution in [-0.2, 0) is 5.41 Å². The summed E-state index contributed by atoms with van der Waals surface area (Å²) in [7, 11) is 1.54. The number of ketones is 2. The second-order valence-electron chi connectivity index (χ2n) is 10.4. The lowest BCUT2D eigenvalue weighted by molar-refractivity contribution is 0.0915. The van der Waals surface area contributed by atoms with Crippen molar-refractivity contribution in [1.29, 1.82) is 0 Å². The minimum atomic E-state index is -0.319. The normalized spacial score (nSPS) is 13.7. The van der Waals surface area contributed by atoms with Gasteiger partial charge < -0.3 is 9.47 Å².